The minimum atomic E-state index is -0.409. The Morgan fingerprint density at radius 2 is 1.85 bits per heavy atom. The minimum absolute atomic E-state index is 0.0896. The van der Waals surface area contributed by atoms with E-state index in [4.69, 9.17) is 10.5 Å². The van der Waals surface area contributed by atoms with Gasteiger partial charge >= 0.3 is 0 Å². The van der Waals surface area contributed by atoms with E-state index in [2.05, 4.69) is 9.97 Å². The number of aryl methyl sites for hydroxylation is 1. The lowest BCUT2D eigenvalue weighted by molar-refractivity contribution is 0.430. The van der Waals surface area contributed by atoms with Gasteiger partial charge in [0, 0.05) is 0 Å². The highest BCUT2D eigenvalue weighted by atomic mass is 19.1. The molecule has 0 aliphatic heterocycles. The fraction of sp³-hybridized carbons (Fsp3) is 0.0667. The molecule has 0 spiro atoms. The van der Waals surface area contributed by atoms with Crippen LogP contribution in [0.4, 0.5) is 10.3 Å². The van der Waals surface area contributed by atoms with Crippen LogP contribution in [0.15, 0.2) is 42.5 Å². The van der Waals surface area contributed by atoms with Crippen LogP contribution in [-0.4, -0.2) is 9.97 Å². The number of para-hydroxylation sites is 1. The van der Waals surface area contributed by atoms with Crippen molar-refractivity contribution >= 4 is 16.9 Å². The Morgan fingerprint density at radius 1 is 1.05 bits per heavy atom. The Kier molecular flexibility index (Phi) is 2.95. The quantitative estimate of drug-likeness (QED) is 0.774. The molecule has 0 saturated heterocycles. The molecule has 20 heavy (non-hydrogen) atoms. The molecule has 1 heterocycles. The zero-order chi connectivity index (χ0) is 14.1. The fourth-order valence-corrected chi connectivity index (χ4v) is 1.95. The van der Waals surface area contributed by atoms with Crippen LogP contribution in [-0.2, 0) is 0 Å². The van der Waals surface area contributed by atoms with E-state index in [1.165, 1.54) is 0 Å². The summed E-state index contributed by atoms with van der Waals surface area (Å²) in [4.78, 5) is 8.16. The molecule has 0 aliphatic carbocycles. The summed E-state index contributed by atoms with van der Waals surface area (Å²) in [7, 11) is 0. The van der Waals surface area contributed by atoms with Crippen molar-refractivity contribution in [2.45, 2.75) is 6.92 Å². The number of rotatable bonds is 2. The average Bonchev–Trinajstić information content (AvgIpc) is 2.43. The third-order valence-corrected chi connectivity index (χ3v) is 2.95. The van der Waals surface area contributed by atoms with E-state index >= 15 is 0 Å². The van der Waals surface area contributed by atoms with Gasteiger partial charge in [-0.15, -0.1) is 0 Å². The zero-order valence-electron chi connectivity index (χ0n) is 10.8. The molecule has 1 aromatic heterocycles. The van der Waals surface area contributed by atoms with Crippen LogP contribution in [0.5, 0.6) is 11.6 Å². The number of nitrogens with two attached hydrogens (primary N) is 1. The molecule has 3 rings (SSSR count). The Hall–Kier alpha value is -2.69. The number of nitrogen functional groups attached to an aromatic ring is 1. The number of ether oxygens (including phenoxy) is 1. The zero-order valence-corrected chi connectivity index (χ0v) is 10.8. The van der Waals surface area contributed by atoms with Crippen molar-refractivity contribution in [1.29, 1.82) is 0 Å². The topological polar surface area (TPSA) is 61.0 Å². The maximum Gasteiger partial charge on any atom is 0.232 e. The van der Waals surface area contributed by atoms with Crippen molar-refractivity contribution in [3.63, 3.8) is 0 Å². The summed E-state index contributed by atoms with van der Waals surface area (Å²) < 4.78 is 19.6. The van der Waals surface area contributed by atoms with Crippen LogP contribution in [0, 0.1) is 12.7 Å². The summed E-state index contributed by atoms with van der Waals surface area (Å²) >= 11 is 0. The van der Waals surface area contributed by atoms with Gasteiger partial charge < -0.3 is 10.5 Å². The lowest BCUT2D eigenvalue weighted by atomic mass is 10.2. The Balaban J connectivity index is 2.13. The van der Waals surface area contributed by atoms with Gasteiger partial charge in [0.15, 0.2) is 11.6 Å². The summed E-state index contributed by atoms with van der Waals surface area (Å²) in [5, 5.41) is 0.683. The molecule has 0 atom stereocenters. The highest BCUT2D eigenvalue weighted by Gasteiger charge is 2.12. The van der Waals surface area contributed by atoms with Gasteiger partial charge in [-0.25, -0.2) is 9.37 Å². The highest BCUT2D eigenvalue weighted by Crippen LogP contribution is 2.30. The SMILES string of the molecule is Cc1cccc(Oc2nc(N)nc3ccccc23)c1F. The number of benzene rings is 2. The molecule has 5 heteroatoms. The first-order valence-corrected chi connectivity index (χ1v) is 6.10. The summed E-state index contributed by atoms with van der Waals surface area (Å²) in [5.41, 5.74) is 6.81. The lowest BCUT2D eigenvalue weighted by Gasteiger charge is -2.10. The first-order chi connectivity index (χ1) is 9.65. The molecule has 0 radical (unpaired) electrons. The van der Waals surface area contributed by atoms with E-state index in [9.17, 15) is 4.39 Å². The molecular weight excluding hydrogens is 257 g/mol. The molecule has 0 aliphatic rings. The number of hydrogen-bond acceptors (Lipinski definition) is 4. The Morgan fingerprint density at radius 3 is 2.70 bits per heavy atom. The van der Waals surface area contributed by atoms with Gasteiger partial charge in [0.1, 0.15) is 0 Å². The van der Waals surface area contributed by atoms with E-state index in [0.29, 0.717) is 16.5 Å². The second kappa shape index (κ2) is 4.77. The van der Waals surface area contributed by atoms with Gasteiger partial charge in [0.05, 0.1) is 10.9 Å². The number of halogens is 1. The molecule has 3 aromatic rings. The minimum Gasteiger partial charge on any atom is -0.435 e. The molecule has 2 aromatic carbocycles. The van der Waals surface area contributed by atoms with E-state index in [1.807, 2.05) is 12.1 Å². The van der Waals surface area contributed by atoms with Crippen molar-refractivity contribution in [2.75, 3.05) is 5.73 Å². The Bertz CT molecular complexity index is 789. The van der Waals surface area contributed by atoms with Gasteiger partial charge in [0.2, 0.25) is 11.8 Å². The van der Waals surface area contributed by atoms with Crippen LogP contribution in [0.2, 0.25) is 0 Å². The molecule has 2 N–H and O–H groups in total. The van der Waals surface area contributed by atoms with Crippen LogP contribution >= 0.6 is 0 Å². The molecule has 0 unspecified atom stereocenters. The monoisotopic (exact) mass is 269 g/mol. The summed E-state index contributed by atoms with van der Waals surface area (Å²) in [6.45, 7) is 1.68. The maximum absolute atomic E-state index is 14.0. The number of anilines is 1. The van der Waals surface area contributed by atoms with E-state index in [1.54, 1.807) is 37.3 Å². The molecule has 100 valence electrons. The predicted molar refractivity (Wildman–Crippen MR) is 75.2 cm³/mol. The summed E-state index contributed by atoms with van der Waals surface area (Å²) in [6, 6.07) is 12.2. The fourth-order valence-electron chi connectivity index (χ4n) is 1.95. The van der Waals surface area contributed by atoms with Crippen LogP contribution in [0.3, 0.4) is 0 Å². The van der Waals surface area contributed by atoms with Crippen molar-refractivity contribution in [3.8, 4) is 11.6 Å². The summed E-state index contributed by atoms with van der Waals surface area (Å²) in [5.74, 6) is 0.0476. The third kappa shape index (κ3) is 2.14. The lowest BCUT2D eigenvalue weighted by Crippen LogP contribution is -1.99. The van der Waals surface area contributed by atoms with Gasteiger partial charge in [-0.1, -0.05) is 24.3 Å². The molecule has 0 bridgehead atoms. The normalized spacial score (nSPS) is 10.7. The smallest absolute Gasteiger partial charge is 0.232 e. The molecule has 0 fully saturated rings. The number of aromatic nitrogens is 2. The molecule has 4 nitrogen and oxygen atoms in total. The first kappa shape index (κ1) is 12.3. The van der Waals surface area contributed by atoms with Crippen molar-refractivity contribution in [3.05, 3.63) is 53.8 Å². The van der Waals surface area contributed by atoms with Crippen LogP contribution in [0.25, 0.3) is 10.9 Å². The predicted octanol–water partition coefficient (Wildman–Crippen LogP) is 3.45. The standard InChI is InChI=1S/C15H12FN3O/c1-9-5-4-8-12(13(9)16)20-14-10-6-2-3-7-11(10)18-15(17)19-14/h2-8H,1H3,(H2,17,18,19). The molecule has 0 saturated carbocycles. The second-order valence-corrected chi connectivity index (χ2v) is 4.39. The highest BCUT2D eigenvalue weighted by molar-refractivity contribution is 5.84. The second-order valence-electron chi connectivity index (χ2n) is 4.39. The van der Waals surface area contributed by atoms with Gasteiger partial charge in [-0.05, 0) is 30.7 Å². The van der Waals surface area contributed by atoms with E-state index < -0.39 is 5.82 Å². The maximum atomic E-state index is 14.0. The van der Waals surface area contributed by atoms with Gasteiger partial charge in [-0.3, -0.25) is 0 Å². The number of nitrogens with zero attached hydrogens (tertiary/aromatic N) is 2. The van der Waals surface area contributed by atoms with Crippen molar-refractivity contribution < 1.29 is 9.13 Å². The van der Waals surface area contributed by atoms with E-state index in [0.717, 1.165) is 0 Å². The van der Waals surface area contributed by atoms with Crippen LogP contribution in [0.1, 0.15) is 5.56 Å². The summed E-state index contributed by atoms with van der Waals surface area (Å²) in [6.07, 6.45) is 0. The largest absolute Gasteiger partial charge is 0.435 e. The number of hydrogen-bond donors (Lipinski definition) is 1. The van der Waals surface area contributed by atoms with E-state index in [-0.39, 0.29) is 17.6 Å². The third-order valence-electron chi connectivity index (χ3n) is 2.95. The molecular formula is C15H12FN3O. The average molecular weight is 269 g/mol. The molecule has 0 amide bonds. The van der Waals surface area contributed by atoms with Crippen molar-refractivity contribution in [2.24, 2.45) is 0 Å². The van der Waals surface area contributed by atoms with Crippen molar-refractivity contribution in [1.82, 2.24) is 9.97 Å². The number of fused-ring (bicyclic) bond motifs is 1. The first-order valence-electron chi connectivity index (χ1n) is 6.10. The van der Waals surface area contributed by atoms with Gasteiger partial charge in [-0.2, -0.15) is 4.98 Å². The van der Waals surface area contributed by atoms with Crippen LogP contribution < -0.4 is 10.5 Å². The Labute approximate surface area is 115 Å². The van der Waals surface area contributed by atoms with Gasteiger partial charge in [0.25, 0.3) is 0 Å².